The molecule has 4 rings (SSSR count). The Hall–Kier alpha value is -2.90. The van der Waals surface area contributed by atoms with Crippen molar-refractivity contribution in [3.8, 4) is 0 Å². The van der Waals surface area contributed by atoms with E-state index >= 15 is 0 Å². The zero-order valence-electron chi connectivity index (χ0n) is 18.9. The van der Waals surface area contributed by atoms with Gasteiger partial charge in [-0.15, -0.1) is 9.39 Å². The quantitative estimate of drug-likeness (QED) is 0.441. The van der Waals surface area contributed by atoms with Crippen LogP contribution in [0.2, 0.25) is 0 Å². The second-order valence-corrected chi connectivity index (χ2v) is 11.2. The van der Waals surface area contributed by atoms with E-state index in [1.165, 1.54) is 0 Å². The van der Waals surface area contributed by atoms with Crippen molar-refractivity contribution >= 4 is 49.2 Å². The summed E-state index contributed by atoms with van der Waals surface area (Å²) in [4.78, 5) is 7.74. The summed E-state index contributed by atoms with van der Waals surface area (Å²) in [6.45, 7) is 7.05. The maximum atomic E-state index is 14.0. The van der Waals surface area contributed by atoms with Crippen LogP contribution in [0.15, 0.2) is 60.0 Å². The highest BCUT2D eigenvalue weighted by molar-refractivity contribution is 8.26. The molecule has 1 saturated heterocycles. The number of benzene rings is 2. The van der Waals surface area contributed by atoms with Gasteiger partial charge >= 0.3 is 0 Å². The van der Waals surface area contributed by atoms with E-state index < -0.39 is 15.3 Å². The lowest BCUT2D eigenvalue weighted by Crippen LogP contribution is -2.28. The summed E-state index contributed by atoms with van der Waals surface area (Å²) >= 11 is 0. The zero-order chi connectivity index (χ0) is 23.8. The minimum atomic E-state index is -2.64. The summed E-state index contributed by atoms with van der Waals surface area (Å²) in [6.07, 6.45) is 0.128. The Kier molecular flexibility index (Phi) is 6.20. The number of anilines is 2. The van der Waals surface area contributed by atoms with Gasteiger partial charge in [-0.05, 0) is 49.2 Å². The predicted octanol–water partition coefficient (Wildman–Crippen LogP) is 6.15. The molecule has 1 aliphatic rings. The Morgan fingerprint density at radius 2 is 1.91 bits per heavy atom. The first kappa shape index (κ1) is 23.3. The second-order valence-electron chi connectivity index (χ2n) is 8.83. The third-order valence-corrected chi connectivity index (χ3v) is 7.09. The van der Waals surface area contributed by atoms with Crippen molar-refractivity contribution < 1.29 is 8.78 Å². The first-order valence-corrected chi connectivity index (χ1v) is 12.9. The molecule has 4 nitrogen and oxygen atoms in total. The van der Waals surface area contributed by atoms with E-state index in [4.69, 9.17) is 10.1 Å². The number of alkyl halides is 2. The van der Waals surface area contributed by atoms with Crippen LogP contribution in [0.5, 0.6) is 0 Å². The molecular weight excluding hydrogens is 438 g/mol. The molecule has 0 radical (unpaired) electrons. The number of nitrogens with two attached hydrogens (primary N) is 1. The van der Waals surface area contributed by atoms with Crippen molar-refractivity contribution in [2.45, 2.75) is 37.0 Å². The van der Waals surface area contributed by atoms with Crippen LogP contribution in [0.3, 0.4) is 0 Å². The van der Waals surface area contributed by atoms with E-state index in [0.717, 1.165) is 32.6 Å². The Bertz CT molecular complexity index is 1320. The molecule has 0 unspecified atom stereocenters. The molecule has 2 aromatic carbocycles. The van der Waals surface area contributed by atoms with Crippen LogP contribution in [0.1, 0.15) is 30.4 Å². The Balaban J connectivity index is 1.74. The van der Waals surface area contributed by atoms with Gasteiger partial charge in [0.05, 0.1) is 5.52 Å². The molecule has 33 heavy (non-hydrogen) atoms. The topological polar surface area (TPSA) is 54.2 Å². The fraction of sp³-hybridized carbons (Fsp3) is 0.269. The number of hydrogen-bond acceptors (Lipinski definition) is 4. The van der Waals surface area contributed by atoms with Gasteiger partial charge in [0.2, 0.25) is 5.92 Å². The number of aromatic nitrogens is 1. The van der Waals surface area contributed by atoms with Crippen molar-refractivity contribution in [2.75, 3.05) is 23.3 Å². The van der Waals surface area contributed by atoms with Crippen LogP contribution >= 0.6 is 9.39 Å². The molecule has 1 aliphatic heterocycles. The monoisotopic (exact) mass is 468 g/mol. The lowest BCUT2D eigenvalue weighted by Gasteiger charge is -2.26. The molecule has 1 fully saturated rings. The summed E-state index contributed by atoms with van der Waals surface area (Å²) in [5, 5.41) is 10.5. The van der Waals surface area contributed by atoms with Crippen molar-refractivity contribution in [3.63, 3.8) is 0 Å². The first-order valence-electron chi connectivity index (χ1n) is 10.9. The van der Waals surface area contributed by atoms with Gasteiger partial charge in [-0.1, -0.05) is 36.5 Å². The van der Waals surface area contributed by atoms with Crippen molar-refractivity contribution in [3.05, 3.63) is 66.2 Å². The maximum Gasteiger partial charge on any atom is 0.249 e. The molecule has 0 saturated carbocycles. The maximum absolute atomic E-state index is 14.0. The molecule has 2 heterocycles. The summed E-state index contributed by atoms with van der Waals surface area (Å²) in [5.41, 5.74) is 4.17. The highest BCUT2D eigenvalue weighted by Gasteiger charge is 2.32. The molecule has 1 aromatic heterocycles. The number of nitrogens with zero attached hydrogens (tertiary/aromatic N) is 2. The van der Waals surface area contributed by atoms with E-state index in [1.807, 2.05) is 60.4 Å². The predicted molar refractivity (Wildman–Crippen MR) is 141 cm³/mol. The standard InChI is InChI=1S/C26H30F2N4S/c1-18-9-10-20-16-23(19(2)30-21-7-5-8-22(17-21)33(3,4)29)25(31-24(20)15-18)32-13-6-11-26(27,28)12-14-32/h5,7-10,15-17,30H,2-4,6,11-14,29H2,1H3. The third kappa shape index (κ3) is 5.37. The van der Waals surface area contributed by atoms with Gasteiger partial charge < -0.3 is 10.2 Å². The van der Waals surface area contributed by atoms with E-state index in [-0.39, 0.29) is 19.4 Å². The molecule has 174 valence electrons. The number of aryl methyl sites for hydroxylation is 1. The zero-order valence-corrected chi connectivity index (χ0v) is 19.7. The summed E-state index contributed by atoms with van der Waals surface area (Å²) in [6, 6.07) is 15.7. The number of halogens is 2. The summed E-state index contributed by atoms with van der Waals surface area (Å²) < 4.78 is 28.1. The van der Waals surface area contributed by atoms with E-state index in [2.05, 4.69) is 23.6 Å². The van der Waals surface area contributed by atoms with Gasteiger partial charge in [-0.2, -0.15) is 0 Å². The Morgan fingerprint density at radius 1 is 1.12 bits per heavy atom. The summed E-state index contributed by atoms with van der Waals surface area (Å²) in [7, 11) is -1.86. The Morgan fingerprint density at radius 3 is 2.67 bits per heavy atom. The van der Waals surface area contributed by atoms with Gasteiger partial charge in [-0.3, -0.25) is 5.14 Å². The van der Waals surface area contributed by atoms with Crippen LogP contribution in [0.4, 0.5) is 20.3 Å². The fourth-order valence-corrected chi connectivity index (χ4v) is 4.79. The molecule has 0 spiro atoms. The normalized spacial score (nSPS) is 16.4. The van der Waals surface area contributed by atoms with Crippen LogP contribution < -0.4 is 15.4 Å². The summed E-state index contributed by atoms with van der Waals surface area (Å²) in [5.74, 6) is 5.99. The van der Waals surface area contributed by atoms with Crippen molar-refractivity contribution in [2.24, 2.45) is 5.14 Å². The van der Waals surface area contributed by atoms with Gasteiger partial charge in [0, 0.05) is 53.2 Å². The molecule has 0 amide bonds. The van der Waals surface area contributed by atoms with Gasteiger partial charge in [0.15, 0.2) is 0 Å². The van der Waals surface area contributed by atoms with E-state index in [1.54, 1.807) is 0 Å². The van der Waals surface area contributed by atoms with Gasteiger partial charge in [0.25, 0.3) is 0 Å². The van der Waals surface area contributed by atoms with Crippen LogP contribution in [-0.4, -0.2) is 35.7 Å². The third-order valence-electron chi connectivity index (χ3n) is 5.89. The minimum Gasteiger partial charge on any atom is -0.356 e. The molecule has 0 aliphatic carbocycles. The highest BCUT2D eigenvalue weighted by atomic mass is 32.2. The van der Waals surface area contributed by atoms with Gasteiger partial charge in [-0.25, -0.2) is 13.8 Å². The number of pyridine rings is 1. The van der Waals surface area contributed by atoms with Crippen molar-refractivity contribution in [1.29, 1.82) is 0 Å². The first-order chi connectivity index (χ1) is 15.5. The van der Waals surface area contributed by atoms with Crippen LogP contribution in [-0.2, 0) is 0 Å². The molecular formula is C26H30F2N4S. The fourth-order valence-electron chi connectivity index (χ4n) is 4.07. The van der Waals surface area contributed by atoms with E-state index in [0.29, 0.717) is 24.5 Å². The van der Waals surface area contributed by atoms with Crippen LogP contribution in [0.25, 0.3) is 16.6 Å². The SMILES string of the molecule is C=C(Nc1cccc(S(=C)(=C)N)c1)c1cc2ccc(C)cc2nc1N1CCCC(F)(F)CC1. The number of nitrogens with one attached hydrogen (secondary N) is 1. The minimum absolute atomic E-state index is 0.100. The molecule has 0 bridgehead atoms. The molecule has 3 aromatic rings. The lowest BCUT2D eigenvalue weighted by molar-refractivity contribution is -0.0102. The lowest BCUT2D eigenvalue weighted by atomic mass is 10.1. The van der Waals surface area contributed by atoms with E-state index in [9.17, 15) is 8.78 Å². The number of hydrogen-bond donors (Lipinski definition) is 2. The van der Waals surface area contributed by atoms with Crippen LogP contribution in [0, 0.1) is 6.92 Å². The smallest absolute Gasteiger partial charge is 0.249 e. The largest absolute Gasteiger partial charge is 0.356 e. The average molecular weight is 469 g/mol. The average Bonchev–Trinajstić information content (AvgIpc) is 2.92. The number of fused-ring (bicyclic) bond motifs is 1. The van der Waals surface area contributed by atoms with Gasteiger partial charge in [0.1, 0.15) is 5.82 Å². The highest BCUT2D eigenvalue weighted by Crippen LogP contribution is 2.35. The molecule has 3 N–H and O–H groups in total. The van der Waals surface area contributed by atoms with Crippen molar-refractivity contribution in [1.82, 2.24) is 4.98 Å². The molecule has 0 atom stereocenters. The second kappa shape index (κ2) is 8.80. The Labute approximate surface area is 194 Å². The number of rotatable bonds is 5. The molecule has 7 heteroatoms.